The smallest absolute Gasteiger partial charge is 0.328 e. The van der Waals surface area contributed by atoms with Gasteiger partial charge in [0.25, 0.3) is 5.12 Å². The van der Waals surface area contributed by atoms with Crippen LogP contribution in [0.15, 0.2) is 0 Å². The van der Waals surface area contributed by atoms with Gasteiger partial charge >= 0.3 is 10.1 Å². The molecule has 0 aliphatic carbocycles. The first-order valence-electron chi connectivity index (χ1n) is 9.15. The summed E-state index contributed by atoms with van der Waals surface area (Å²) in [6.45, 7) is 2.88. The van der Waals surface area contributed by atoms with E-state index in [4.69, 9.17) is 4.55 Å². The van der Waals surface area contributed by atoms with Gasteiger partial charge < -0.3 is 5.32 Å². The number of hydrogen-bond acceptors (Lipinski definition) is 4. The zero-order chi connectivity index (χ0) is 18.3. The Balaban J connectivity index is 3.33. The van der Waals surface area contributed by atoms with Crippen LogP contribution < -0.4 is 5.32 Å². The fraction of sp³-hybridized carbons (Fsp3) is 0.882. The van der Waals surface area contributed by atoms with Crippen molar-refractivity contribution in [2.75, 3.05) is 6.54 Å². The fourth-order valence-electron chi connectivity index (χ4n) is 2.44. The standard InChI is InChI=1S/C17H33NO5S/c1-2-3-4-7-10-13-16(19)18-15-12-9-6-5-8-11-14-17(20)24(21,22)23/h2-15H2,1H3,(H,18,19)(H,21,22,23). The van der Waals surface area contributed by atoms with Crippen molar-refractivity contribution in [1.29, 1.82) is 0 Å². The van der Waals surface area contributed by atoms with Crippen LogP contribution in [0, 0.1) is 0 Å². The minimum Gasteiger partial charge on any atom is -0.356 e. The summed E-state index contributed by atoms with van der Waals surface area (Å²) in [5.41, 5.74) is 0. The highest BCUT2D eigenvalue weighted by Crippen LogP contribution is 2.09. The van der Waals surface area contributed by atoms with E-state index in [2.05, 4.69) is 12.2 Å². The van der Waals surface area contributed by atoms with Crippen LogP contribution in [0.5, 0.6) is 0 Å². The quantitative estimate of drug-likeness (QED) is 0.342. The summed E-state index contributed by atoms with van der Waals surface area (Å²) in [5.74, 6) is 0.134. The molecule has 0 aromatic carbocycles. The van der Waals surface area contributed by atoms with E-state index in [9.17, 15) is 18.0 Å². The van der Waals surface area contributed by atoms with E-state index in [1.54, 1.807) is 0 Å². The second-order valence-electron chi connectivity index (χ2n) is 6.23. The molecule has 0 heterocycles. The average Bonchev–Trinajstić information content (AvgIpc) is 2.51. The van der Waals surface area contributed by atoms with Crippen molar-refractivity contribution in [3.05, 3.63) is 0 Å². The van der Waals surface area contributed by atoms with Crippen LogP contribution >= 0.6 is 0 Å². The largest absolute Gasteiger partial charge is 0.356 e. The van der Waals surface area contributed by atoms with Crippen LogP contribution in [0.3, 0.4) is 0 Å². The number of nitrogens with one attached hydrogen (secondary N) is 1. The number of carbonyl (C=O) groups is 2. The zero-order valence-corrected chi connectivity index (χ0v) is 15.7. The molecule has 142 valence electrons. The minimum atomic E-state index is -4.51. The van der Waals surface area contributed by atoms with Crippen LogP contribution in [0.25, 0.3) is 0 Å². The number of amides is 1. The molecule has 0 atom stereocenters. The van der Waals surface area contributed by atoms with Gasteiger partial charge in [0.2, 0.25) is 5.91 Å². The predicted octanol–water partition coefficient (Wildman–Crippen LogP) is 3.61. The van der Waals surface area contributed by atoms with Crippen LogP contribution in [0.2, 0.25) is 0 Å². The van der Waals surface area contributed by atoms with Crippen LogP contribution in [-0.2, 0) is 19.7 Å². The maximum absolute atomic E-state index is 11.6. The van der Waals surface area contributed by atoms with Crippen molar-refractivity contribution in [3.63, 3.8) is 0 Å². The summed E-state index contributed by atoms with van der Waals surface area (Å²) in [7, 11) is -4.51. The Bertz CT molecular complexity index is 448. The predicted molar refractivity (Wildman–Crippen MR) is 95.3 cm³/mol. The fourth-order valence-corrected chi connectivity index (χ4v) is 2.84. The number of hydrogen-bond donors (Lipinski definition) is 2. The number of rotatable bonds is 15. The van der Waals surface area contributed by atoms with E-state index in [1.807, 2.05) is 0 Å². The highest BCUT2D eigenvalue weighted by molar-refractivity contribution is 8.01. The molecule has 1 amide bonds. The lowest BCUT2D eigenvalue weighted by Gasteiger charge is -2.05. The average molecular weight is 364 g/mol. The maximum atomic E-state index is 11.6. The Morgan fingerprint density at radius 3 is 1.88 bits per heavy atom. The molecular formula is C17H33NO5S. The summed E-state index contributed by atoms with van der Waals surface area (Å²) in [5, 5.41) is 1.83. The summed E-state index contributed by atoms with van der Waals surface area (Å²) in [4.78, 5) is 22.5. The van der Waals surface area contributed by atoms with E-state index in [-0.39, 0.29) is 12.3 Å². The lowest BCUT2D eigenvalue weighted by molar-refractivity contribution is -0.121. The summed E-state index contributed by atoms with van der Waals surface area (Å²) in [6.07, 6.45) is 11.4. The minimum absolute atomic E-state index is 0.118. The molecule has 0 saturated heterocycles. The monoisotopic (exact) mass is 363 g/mol. The van der Waals surface area contributed by atoms with Gasteiger partial charge in [-0.3, -0.25) is 14.1 Å². The first kappa shape index (κ1) is 23.1. The summed E-state index contributed by atoms with van der Waals surface area (Å²) in [6, 6.07) is 0. The first-order chi connectivity index (χ1) is 11.4. The maximum Gasteiger partial charge on any atom is 0.328 e. The molecule has 0 aromatic rings. The van der Waals surface area contributed by atoms with Gasteiger partial charge in [0.15, 0.2) is 0 Å². The van der Waals surface area contributed by atoms with Gasteiger partial charge in [-0.25, -0.2) is 0 Å². The van der Waals surface area contributed by atoms with Gasteiger partial charge in [0.05, 0.1) is 0 Å². The topological polar surface area (TPSA) is 101 Å². The Labute approximate surface area is 146 Å². The first-order valence-corrected chi connectivity index (χ1v) is 10.6. The number of unbranched alkanes of at least 4 members (excludes halogenated alkanes) is 9. The van der Waals surface area contributed by atoms with Crippen molar-refractivity contribution in [3.8, 4) is 0 Å². The second kappa shape index (κ2) is 14.4. The van der Waals surface area contributed by atoms with E-state index < -0.39 is 15.2 Å². The molecule has 0 unspecified atom stereocenters. The molecule has 0 bridgehead atoms. The molecule has 24 heavy (non-hydrogen) atoms. The van der Waals surface area contributed by atoms with Crippen LogP contribution in [-0.4, -0.2) is 30.5 Å². The molecular weight excluding hydrogens is 330 g/mol. The molecule has 0 aliphatic heterocycles. The van der Waals surface area contributed by atoms with Crippen molar-refractivity contribution in [2.45, 2.75) is 90.4 Å². The third kappa shape index (κ3) is 14.6. The molecule has 6 nitrogen and oxygen atoms in total. The molecule has 0 saturated carbocycles. The lowest BCUT2D eigenvalue weighted by Crippen LogP contribution is -2.23. The highest BCUT2D eigenvalue weighted by Gasteiger charge is 2.16. The Kier molecular flexibility index (Phi) is 13.8. The van der Waals surface area contributed by atoms with Gasteiger partial charge in [-0.05, 0) is 19.3 Å². The van der Waals surface area contributed by atoms with Crippen molar-refractivity contribution in [2.24, 2.45) is 0 Å². The second-order valence-corrected chi connectivity index (χ2v) is 7.64. The number of carbonyl (C=O) groups excluding carboxylic acids is 2. The van der Waals surface area contributed by atoms with E-state index in [1.165, 1.54) is 19.3 Å². The SMILES string of the molecule is CCCCCCCC(=O)NCCCCCCCCC(=O)S(=O)(=O)O. The summed E-state index contributed by atoms with van der Waals surface area (Å²) >= 11 is 0. The van der Waals surface area contributed by atoms with Gasteiger partial charge in [0, 0.05) is 19.4 Å². The van der Waals surface area contributed by atoms with Gasteiger partial charge in [-0.1, -0.05) is 58.3 Å². The zero-order valence-electron chi connectivity index (χ0n) is 14.9. The van der Waals surface area contributed by atoms with Crippen molar-refractivity contribution >= 4 is 21.1 Å². The van der Waals surface area contributed by atoms with E-state index >= 15 is 0 Å². The van der Waals surface area contributed by atoms with Gasteiger partial charge in [-0.2, -0.15) is 8.42 Å². The molecule has 0 spiro atoms. The molecule has 0 fully saturated rings. The Morgan fingerprint density at radius 1 is 0.792 bits per heavy atom. The lowest BCUT2D eigenvalue weighted by atomic mass is 10.1. The van der Waals surface area contributed by atoms with E-state index in [0.717, 1.165) is 44.9 Å². The third-order valence-corrected chi connectivity index (χ3v) is 4.70. The molecule has 7 heteroatoms. The van der Waals surface area contributed by atoms with Crippen molar-refractivity contribution in [1.82, 2.24) is 5.32 Å². The molecule has 0 rings (SSSR count). The molecule has 0 aliphatic rings. The molecule has 0 radical (unpaired) electrons. The molecule has 0 aromatic heterocycles. The van der Waals surface area contributed by atoms with Gasteiger partial charge in [-0.15, -0.1) is 0 Å². The molecule has 2 N–H and O–H groups in total. The Hall–Kier alpha value is -0.950. The Morgan fingerprint density at radius 2 is 1.29 bits per heavy atom. The van der Waals surface area contributed by atoms with Crippen LogP contribution in [0.4, 0.5) is 0 Å². The third-order valence-electron chi connectivity index (χ3n) is 3.92. The highest BCUT2D eigenvalue weighted by atomic mass is 32.2. The van der Waals surface area contributed by atoms with Crippen LogP contribution in [0.1, 0.15) is 90.4 Å². The van der Waals surface area contributed by atoms with E-state index in [0.29, 0.717) is 19.4 Å². The van der Waals surface area contributed by atoms with Gasteiger partial charge in [0.1, 0.15) is 0 Å². The van der Waals surface area contributed by atoms with Crippen molar-refractivity contribution < 1.29 is 22.6 Å². The normalized spacial score (nSPS) is 11.4. The summed E-state index contributed by atoms with van der Waals surface area (Å²) < 4.78 is 29.5.